The Bertz CT molecular complexity index is 220. The molecule has 0 aromatic carbocycles. The summed E-state index contributed by atoms with van der Waals surface area (Å²) in [5.74, 6) is 0. The van der Waals surface area contributed by atoms with Gasteiger partial charge in [0.1, 0.15) is 0 Å². The van der Waals surface area contributed by atoms with Gasteiger partial charge in [0, 0.05) is 18.0 Å². The van der Waals surface area contributed by atoms with Gasteiger partial charge in [0.25, 0.3) is 0 Å². The minimum atomic E-state index is -0.409. The lowest BCUT2D eigenvalue weighted by molar-refractivity contribution is 0.198. The summed E-state index contributed by atoms with van der Waals surface area (Å²) in [5, 5.41) is 9.16. The van der Waals surface area contributed by atoms with E-state index in [2.05, 4.69) is 4.98 Å². The van der Waals surface area contributed by atoms with E-state index in [4.69, 9.17) is 5.11 Å². The van der Waals surface area contributed by atoms with Gasteiger partial charge in [-0.25, -0.2) is 0 Å². The Morgan fingerprint density at radius 3 is 2.70 bits per heavy atom. The van der Waals surface area contributed by atoms with Gasteiger partial charge >= 0.3 is 0 Å². The largest absolute Gasteiger partial charge is 0.389 e. The summed E-state index contributed by atoms with van der Waals surface area (Å²) in [6.07, 6.45) is 3.01. The highest BCUT2D eigenvalue weighted by Crippen LogP contribution is 2.13. The van der Waals surface area contributed by atoms with Crippen LogP contribution in [0.4, 0.5) is 0 Å². The predicted molar refractivity (Wildman–Crippen MR) is 39.6 cm³/mol. The second kappa shape index (κ2) is 2.80. The molecule has 0 spiro atoms. The third-order valence-corrected chi connectivity index (χ3v) is 1.53. The van der Waals surface area contributed by atoms with Crippen molar-refractivity contribution in [1.82, 2.24) is 4.98 Å². The maximum atomic E-state index is 9.16. The van der Waals surface area contributed by atoms with Crippen LogP contribution in [0, 0.1) is 6.92 Å². The second-order valence-electron chi connectivity index (χ2n) is 2.41. The molecule has 2 heteroatoms. The van der Waals surface area contributed by atoms with Gasteiger partial charge in [0.2, 0.25) is 0 Å². The van der Waals surface area contributed by atoms with Gasteiger partial charge in [-0.2, -0.15) is 0 Å². The van der Waals surface area contributed by atoms with Crippen molar-refractivity contribution >= 4 is 0 Å². The van der Waals surface area contributed by atoms with E-state index in [1.807, 2.05) is 13.0 Å². The predicted octanol–water partition coefficient (Wildman–Crippen LogP) is 1.44. The monoisotopic (exact) mass is 137 g/mol. The summed E-state index contributed by atoms with van der Waals surface area (Å²) >= 11 is 0. The fourth-order valence-electron chi connectivity index (χ4n) is 0.914. The van der Waals surface area contributed by atoms with Crippen molar-refractivity contribution in [3.63, 3.8) is 0 Å². The summed E-state index contributed by atoms with van der Waals surface area (Å²) in [7, 11) is 0. The molecule has 1 N–H and O–H groups in total. The molecular formula is C8H11NO. The lowest BCUT2D eigenvalue weighted by Crippen LogP contribution is -1.94. The highest BCUT2D eigenvalue weighted by atomic mass is 16.3. The highest BCUT2D eigenvalue weighted by Gasteiger charge is 2.02. The van der Waals surface area contributed by atoms with E-state index in [0.29, 0.717) is 0 Å². The van der Waals surface area contributed by atoms with Crippen LogP contribution in [0.3, 0.4) is 0 Å². The van der Waals surface area contributed by atoms with Crippen LogP contribution in [0.2, 0.25) is 0 Å². The van der Waals surface area contributed by atoms with Crippen LogP contribution in [-0.2, 0) is 0 Å². The molecule has 0 unspecified atom stereocenters. The molecule has 0 bridgehead atoms. The Labute approximate surface area is 60.5 Å². The van der Waals surface area contributed by atoms with Gasteiger partial charge in [-0.1, -0.05) is 0 Å². The molecule has 54 valence electrons. The number of aryl methyl sites for hydroxylation is 1. The van der Waals surface area contributed by atoms with Crippen molar-refractivity contribution in [3.05, 3.63) is 29.6 Å². The van der Waals surface area contributed by atoms with Crippen LogP contribution >= 0.6 is 0 Å². The first-order valence-electron chi connectivity index (χ1n) is 3.30. The van der Waals surface area contributed by atoms with E-state index >= 15 is 0 Å². The molecule has 10 heavy (non-hydrogen) atoms. The number of aliphatic hydroxyl groups excluding tert-OH is 1. The summed E-state index contributed by atoms with van der Waals surface area (Å²) in [6, 6.07) is 1.89. The van der Waals surface area contributed by atoms with Crippen molar-refractivity contribution < 1.29 is 5.11 Å². The zero-order chi connectivity index (χ0) is 7.56. The van der Waals surface area contributed by atoms with E-state index < -0.39 is 6.10 Å². The van der Waals surface area contributed by atoms with E-state index in [9.17, 15) is 0 Å². The number of rotatable bonds is 1. The molecule has 0 radical (unpaired) electrons. The molecule has 0 aliphatic heterocycles. The Balaban J connectivity index is 3.03. The van der Waals surface area contributed by atoms with Crippen LogP contribution in [0.15, 0.2) is 18.5 Å². The minimum Gasteiger partial charge on any atom is -0.389 e. The molecule has 0 aliphatic carbocycles. The van der Waals surface area contributed by atoms with Crippen molar-refractivity contribution in [2.45, 2.75) is 20.0 Å². The molecular weight excluding hydrogens is 126 g/mol. The summed E-state index contributed by atoms with van der Waals surface area (Å²) in [4.78, 5) is 3.91. The van der Waals surface area contributed by atoms with Crippen LogP contribution in [0.25, 0.3) is 0 Å². The van der Waals surface area contributed by atoms with Crippen molar-refractivity contribution in [2.75, 3.05) is 0 Å². The molecule has 0 aliphatic rings. The Morgan fingerprint density at radius 2 is 2.30 bits per heavy atom. The van der Waals surface area contributed by atoms with Crippen LogP contribution in [0.1, 0.15) is 24.2 Å². The van der Waals surface area contributed by atoms with Crippen LogP contribution in [0.5, 0.6) is 0 Å². The quantitative estimate of drug-likeness (QED) is 0.635. The SMILES string of the molecule is Cc1ccncc1[C@@H](C)O. The first-order chi connectivity index (χ1) is 4.72. The third-order valence-electron chi connectivity index (χ3n) is 1.53. The average molecular weight is 137 g/mol. The molecule has 1 aromatic heterocycles. The number of nitrogens with zero attached hydrogens (tertiary/aromatic N) is 1. The number of hydrogen-bond acceptors (Lipinski definition) is 2. The second-order valence-corrected chi connectivity index (χ2v) is 2.41. The summed E-state index contributed by atoms with van der Waals surface area (Å²) < 4.78 is 0. The summed E-state index contributed by atoms with van der Waals surface area (Å²) in [5.41, 5.74) is 1.99. The fraction of sp³-hybridized carbons (Fsp3) is 0.375. The van der Waals surface area contributed by atoms with Gasteiger partial charge in [0.15, 0.2) is 0 Å². The highest BCUT2D eigenvalue weighted by molar-refractivity contribution is 5.22. The Morgan fingerprint density at radius 1 is 1.60 bits per heavy atom. The maximum absolute atomic E-state index is 9.16. The zero-order valence-electron chi connectivity index (χ0n) is 6.20. The standard InChI is InChI=1S/C8H11NO/c1-6-3-4-9-5-8(6)7(2)10/h3-5,7,10H,1-2H3/t7-/m1/s1. The number of aromatic nitrogens is 1. The molecule has 1 aromatic rings. The Kier molecular flexibility index (Phi) is 2.02. The molecule has 0 saturated heterocycles. The van der Waals surface area contributed by atoms with Crippen LogP contribution in [-0.4, -0.2) is 10.1 Å². The normalized spacial score (nSPS) is 13.1. The topological polar surface area (TPSA) is 33.1 Å². The van der Waals surface area contributed by atoms with Gasteiger partial charge < -0.3 is 5.11 Å². The van der Waals surface area contributed by atoms with E-state index in [-0.39, 0.29) is 0 Å². The average Bonchev–Trinajstić information content (AvgIpc) is 1.88. The molecule has 0 amide bonds. The van der Waals surface area contributed by atoms with E-state index in [0.717, 1.165) is 11.1 Å². The molecule has 0 fully saturated rings. The smallest absolute Gasteiger partial charge is 0.0779 e. The maximum Gasteiger partial charge on any atom is 0.0779 e. The molecule has 1 heterocycles. The number of aliphatic hydroxyl groups is 1. The number of hydrogen-bond donors (Lipinski definition) is 1. The first-order valence-corrected chi connectivity index (χ1v) is 3.30. The van der Waals surface area contributed by atoms with Crippen molar-refractivity contribution in [2.24, 2.45) is 0 Å². The van der Waals surface area contributed by atoms with Gasteiger partial charge in [-0.3, -0.25) is 4.98 Å². The number of pyridine rings is 1. The first kappa shape index (κ1) is 7.22. The third kappa shape index (κ3) is 1.33. The molecule has 0 saturated carbocycles. The molecule has 1 rings (SSSR count). The van der Waals surface area contributed by atoms with Gasteiger partial charge in [0.05, 0.1) is 6.10 Å². The van der Waals surface area contributed by atoms with Crippen LogP contribution < -0.4 is 0 Å². The Hall–Kier alpha value is -0.890. The van der Waals surface area contributed by atoms with Crippen molar-refractivity contribution in [3.8, 4) is 0 Å². The zero-order valence-corrected chi connectivity index (χ0v) is 6.20. The fourth-order valence-corrected chi connectivity index (χ4v) is 0.914. The van der Waals surface area contributed by atoms with E-state index in [1.54, 1.807) is 19.3 Å². The molecule has 2 nitrogen and oxygen atoms in total. The molecule has 1 atom stereocenters. The summed E-state index contributed by atoms with van der Waals surface area (Å²) in [6.45, 7) is 3.70. The lowest BCUT2D eigenvalue weighted by atomic mass is 10.1. The lowest BCUT2D eigenvalue weighted by Gasteiger charge is -2.05. The van der Waals surface area contributed by atoms with Crippen molar-refractivity contribution in [1.29, 1.82) is 0 Å². The van der Waals surface area contributed by atoms with Gasteiger partial charge in [-0.15, -0.1) is 0 Å². The van der Waals surface area contributed by atoms with Gasteiger partial charge in [-0.05, 0) is 25.5 Å². The minimum absolute atomic E-state index is 0.409. The van der Waals surface area contributed by atoms with E-state index in [1.165, 1.54) is 0 Å².